The quantitative estimate of drug-likeness (QED) is 0.865. The average molecular weight is 234 g/mol. The molecule has 0 atom stereocenters. The van der Waals surface area contributed by atoms with Crippen LogP contribution < -0.4 is 5.73 Å². The number of nitrogens with zero attached hydrogens (tertiary/aromatic N) is 1. The van der Waals surface area contributed by atoms with Gasteiger partial charge in [-0.15, -0.1) is 0 Å². The van der Waals surface area contributed by atoms with Crippen LogP contribution >= 0.6 is 0 Å². The molecule has 0 aliphatic heterocycles. The van der Waals surface area contributed by atoms with Crippen molar-refractivity contribution in [1.29, 1.82) is 0 Å². The maximum atomic E-state index is 6.28. The van der Waals surface area contributed by atoms with Crippen LogP contribution in [0.4, 0.5) is 0 Å². The molecule has 0 saturated carbocycles. The molecule has 0 aliphatic carbocycles. The van der Waals surface area contributed by atoms with Crippen molar-refractivity contribution in [2.75, 3.05) is 0 Å². The van der Waals surface area contributed by atoms with Crippen molar-refractivity contribution in [1.82, 2.24) is 4.98 Å². The van der Waals surface area contributed by atoms with Crippen molar-refractivity contribution in [3.05, 3.63) is 30.1 Å². The van der Waals surface area contributed by atoms with Crippen LogP contribution in [-0.2, 0) is 5.41 Å². The van der Waals surface area contributed by atoms with Gasteiger partial charge in [0.05, 0.1) is 0 Å². The number of rotatable bonds is 4. The van der Waals surface area contributed by atoms with E-state index in [1.54, 1.807) is 0 Å². The van der Waals surface area contributed by atoms with Crippen LogP contribution in [-0.4, -0.2) is 10.5 Å². The van der Waals surface area contributed by atoms with Crippen LogP contribution in [0.25, 0.3) is 0 Å². The molecule has 0 aliphatic rings. The van der Waals surface area contributed by atoms with Crippen LogP contribution in [0.15, 0.2) is 24.4 Å². The first-order valence-electron chi connectivity index (χ1n) is 6.27. The predicted molar refractivity (Wildman–Crippen MR) is 73.9 cm³/mol. The van der Waals surface area contributed by atoms with Gasteiger partial charge < -0.3 is 5.73 Å². The van der Waals surface area contributed by atoms with E-state index in [1.165, 1.54) is 0 Å². The molecule has 17 heavy (non-hydrogen) atoms. The highest BCUT2D eigenvalue weighted by molar-refractivity contribution is 5.16. The summed E-state index contributed by atoms with van der Waals surface area (Å²) in [5.41, 5.74) is 7.33. The summed E-state index contributed by atoms with van der Waals surface area (Å²) in [6.07, 6.45) is 2.87. The molecule has 1 aromatic heterocycles. The fourth-order valence-corrected chi connectivity index (χ4v) is 2.19. The molecular formula is C15H26N2. The second-order valence-electron chi connectivity index (χ2n) is 6.88. The first kappa shape index (κ1) is 14.2. The van der Waals surface area contributed by atoms with E-state index in [2.05, 4.69) is 52.6 Å². The average Bonchev–Trinajstić information content (AvgIpc) is 2.15. The van der Waals surface area contributed by atoms with Gasteiger partial charge in [-0.3, -0.25) is 4.98 Å². The van der Waals surface area contributed by atoms with E-state index in [4.69, 9.17) is 5.73 Å². The van der Waals surface area contributed by atoms with Gasteiger partial charge in [0.1, 0.15) is 0 Å². The smallest absolute Gasteiger partial charge is 0.0460 e. The van der Waals surface area contributed by atoms with Gasteiger partial charge in [-0.2, -0.15) is 0 Å². The first-order chi connectivity index (χ1) is 7.56. The monoisotopic (exact) mass is 234 g/mol. The molecule has 0 aromatic carbocycles. The Labute approximate surface area is 106 Å². The first-order valence-corrected chi connectivity index (χ1v) is 6.27. The number of hydrogen-bond donors (Lipinski definition) is 1. The Morgan fingerprint density at radius 3 is 2.06 bits per heavy atom. The van der Waals surface area contributed by atoms with Crippen LogP contribution in [0.2, 0.25) is 0 Å². The SMILES string of the molecule is CC(C)(CC(C)(C)C(C)(C)N)c1ccccn1. The maximum absolute atomic E-state index is 6.28. The second-order valence-corrected chi connectivity index (χ2v) is 6.88. The summed E-state index contributed by atoms with van der Waals surface area (Å²) < 4.78 is 0. The molecule has 0 saturated heterocycles. The van der Waals surface area contributed by atoms with E-state index in [-0.39, 0.29) is 16.4 Å². The lowest BCUT2D eigenvalue weighted by molar-refractivity contribution is 0.146. The lowest BCUT2D eigenvalue weighted by Crippen LogP contribution is -2.49. The summed E-state index contributed by atoms with van der Waals surface area (Å²) in [6.45, 7) is 13.1. The molecule has 0 bridgehead atoms. The highest BCUT2D eigenvalue weighted by Gasteiger charge is 2.39. The van der Waals surface area contributed by atoms with Gasteiger partial charge in [0.2, 0.25) is 0 Å². The standard InChI is InChI=1S/C15H26N2/c1-13(2,12-9-7-8-10-17-12)11-14(3,4)15(5,6)16/h7-10H,11,16H2,1-6H3. The van der Waals surface area contributed by atoms with E-state index in [0.717, 1.165) is 12.1 Å². The highest BCUT2D eigenvalue weighted by atomic mass is 14.8. The van der Waals surface area contributed by atoms with E-state index in [0.29, 0.717) is 0 Å². The number of nitrogens with two attached hydrogens (primary N) is 1. The normalized spacial score (nSPS) is 13.8. The van der Waals surface area contributed by atoms with Crippen molar-refractivity contribution in [2.24, 2.45) is 11.1 Å². The fraction of sp³-hybridized carbons (Fsp3) is 0.667. The molecule has 2 nitrogen and oxygen atoms in total. The van der Waals surface area contributed by atoms with Gasteiger partial charge in [-0.1, -0.05) is 33.8 Å². The zero-order chi connectivity index (χ0) is 13.3. The van der Waals surface area contributed by atoms with Crippen LogP contribution in [0, 0.1) is 5.41 Å². The molecule has 0 amide bonds. The Balaban J connectivity index is 2.95. The Hall–Kier alpha value is -0.890. The van der Waals surface area contributed by atoms with Crippen molar-refractivity contribution >= 4 is 0 Å². The third kappa shape index (κ3) is 3.29. The zero-order valence-corrected chi connectivity index (χ0v) is 12.0. The summed E-state index contributed by atoms with van der Waals surface area (Å²) in [4.78, 5) is 4.48. The molecule has 0 radical (unpaired) electrons. The Kier molecular flexibility index (Phi) is 3.68. The second kappa shape index (κ2) is 4.41. The van der Waals surface area contributed by atoms with Crippen LogP contribution in [0.5, 0.6) is 0 Å². The topological polar surface area (TPSA) is 38.9 Å². The predicted octanol–water partition coefficient (Wildman–Crippen LogP) is 3.51. The van der Waals surface area contributed by atoms with Gasteiger partial charge in [0.25, 0.3) is 0 Å². The van der Waals surface area contributed by atoms with Crippen molar-refractivity contribution in [3.63, 3.8) is 0 Å². The van der Waals surface area contributed by atoms with Crippen molar-refractivity contribution in [2.45, 2.75) is 58.9 Å². The Morgan fingerprint density at radius 2 is 1.65 bits per heavy atom. The molecule has 0 fully saturated rings. The molecule has 1 rings (SSSR count). The highest BCUT2D eigenvalue weighted by Crippen LogP contribution is 2.41. The van der Waals surface area contributed by atoms with Gasteiger partial charge >= 0.3 is 0 Å². The molecule has 0 spiro atoms. The van der Waals surface area contributed by atoms with Crippen LogP contribution in [0.3, 0.4) is 0 Å². The third-order valence-corrected chi connectivity index (χ3v) is 3.99. The molecule has 96 valence electrons. The molecule has 2 N–H and O–H groups in total. The molecular weight excluding hydrogens is 208 g/mol. The van der Waals surface area contributed by atoms with E-state index in [9.17, 15) is 0 Å². The minimum Gasteiger partial charge on any atom is -0.325 e. The van der Waals surface area contributed by atoms with Crippen LogP contribution in [0.1, 0.15) is 53.7 Å². The van der Waals surface area contributed by atoms with Gasteiger partial charge in [0.15, 0.2) is 0 Å². The molecule has 2 heteroatoms. The van der Waals surface area contributed by atoms with E-state index < -0.39 is 0 Å². The summed E-state index contributed by atoms with van der Waals surface area (Å²) in [5, 5.41) is 0. The summed E-state index contributed by atoms with van der Waals surface area (Å²) in [6, 6.07) is 6.10. The minimum absolute atomic E-state index is 0.0431. The van der Waals surface area contributed by atoms with Gasteiger partial charge in [-0.05, 0) is 37.8 Å². The Morgan fingerprint density at radius 1 is 1.06 bits per heavy atom. The molecule has 0 unspecified atom stereocenters. The largest absolute Gasteiger partial charge is 0.325 e. The fourth-order valence-electron chi connectivity index (χ4n) is 2.19. The van der Waals surface area contributed by atoms with E-state index >= 15 is 0 Å². The van der Waals surface area contributed by atoms with Crippen molar-refractivity contribution < 1.29 is 0 Å². The molecule has 1 aromatic rings. The lowest BCUT2D eigenvalue weighted by atomic mass is 9.65. The van der Waals surface area contributed by atoms with Gasteiger partial charge in [-0.25, -0.2) is 0 Å². The van der Waals surface area contributed by atoms with Gasteiger partial charge in [0, 0.05) is 22.8 Å². The summed E-state index contributed by atoms with van der Waals surface area (Å²) in [5.74, 6) is 0. The lowest BCUT2D eigenvalue weighted by Gasteiger charge is -2.43. The minimum atomic E-state index is -0.195. The maximum Gasteiger partial charge on any atom is 0.0460 e. The van der Waals surface area contributed by atoms with E-state index in [1.807, 2.05) is 18.3 Å². The number of pyridine rings is 1. The summed E-state index contributed by atoms with van der Waals surface area (Å²) >= 11 is 0. The van der Waals surface area contributed by atoms with Crippen molar-refractivity contribution in [3.8, 4) is 0 Å². The number of aromatic nitrogens is 1. The Bertz CT molecular complexity index is 358. The summed E-state index contributed by atoms with van der Waals surface area (Å²) in [7, 11) is 0. The zero-order valence-electron chi connectivity index (χ0n) is 12.0. The third-order valence-electron chi connectivity index (χ3n) is 3.99. The molecule has 1 heterocycles. The number of hydrogen-bond acceptors (Lipinski definition) is 2.